The normalized spacial score (nSPS) is 15.0. The van der Waals surface area contributed by atoms with Crippen LogP contribution in [0.4, 0.5) is 5.69 Å². The second-order valence-corrected chi connectivity index (χ2v) is 8.05. The highest BCUT2D eigenvalue weighted by molar-refractivity contribution is 7.99. The molecular formula is C22H23N3OS. The third kappa shape index (κ3) is 4.15. The molecule has 0 unspecified atom stereocenters. The van der Waals surface area contributed by atoms with Gasteiger partial charge in [0, 0.05) is 47.9 Å². The van der Waals surface area contributed by atoms with Gasteiger partial charge in [-0.25, -0.2) is 0 Å². The number of carbonyl (C=O) groups is 1. The number of nitrogens with one attached hydrogen (secondary N) is 1. The van der Waals surface area contributed by atoms with E-state index in [-0.39, 0.29) is 5.91 Å². The van der Waals surface area contributed by atoms with Gasteiger partial charge in [-0.2, -0.15) is 11.8 Å². The van der Waals surface area contributed by atoms with Crippen LogP contribution in [-0.2, 0) is 6.54 Å². The Morgan fingerprint density at radius 1 is 1.11 bits per heavy atom. The zero-order chi connectivity index (χ0) is 18.6. The van der Waals surface area contributed by atoms with Crippen molar-refractivity contribution in [2.45, 2.75) is 13.5 Å². The largest absolute Gasteiger partial charge is 0.322 e. The maximum atomic E-state index is 13.1. The Morgan fingerprint density at radius 2 is 1.85 bits per heavy atom. The minimum Gasteiger partial charge on any atom is -0.322 e. The zero-order valence-corrected chi connectivity index (χ0v) is 16.3. The molecule has 138 valence electrons. The summed E-state index contributed by atoms with van der Waals surface area (Å²) in [6.07, 6.45) is 0. The molecule has 27 heavy (non-hydrogen) atoms. The van der Waals surface area contributed by atoms with Gasteiger partial charge in [0.25, 0.3) is 5.91 Å². The number of nitrogens with zero attached hydrogens (tertiary/aromatic N) is 2. The molecule has 0 atom stereocenters. The molecule has 4 nitrogen and oxygen atoms in total. The Morgan fingerprint density at radius 3 is 2.70 bits per heavy atom. The molecular weight excluding hydrogens is 354 g/mol. The lowest BCUT2D eigenvalue weighted by Crippen LogP contribution is -2.32. The molecule has 1 N–H and O–H groups in total. The number of rotatable bonds is 4. The summed E-state index contributed by atoms with van der Waals surface area (Å²) in [5, 5.41) is 4.02. The molecule has 2 heterocycles. The van der Waals surface area contributed by atoms with Crippen LogP contribution >= 0.6 is 11.8 Å². The van der Waals surface area contributed by atoms with Crippen LogP contribution in [0.1, 0.15) is 21.6 Å². The average molecular weight is 378 g/mol. The number of fused-ring (bicyclic) bond motifs is 1. The Bertz CT molecular complexity index is 967. The number of anilines is 1. The number of thioether (sulfide) groups is 1. The zero-order valence-electron chi connectivity index (χ0n) is 15.4. The third-order valence-electron chi connectivity index (χ3n) is 4.85. The molecule has 0 aliphatic carbocycles. The van der Waals surface area contributed by atoms with Crippen molar-refractivity contribution in [3.8, 4) is 0 Å². The maximum absolute atomic E-state index is 13.1. The minimum absolute atomic E-state index is 0.0849. The summed E-state index contributed by atoms with van der Waals surface area (Å²) < 4.78 is 0. The quantitative estimate of drug-likeness (QED) is 0.734. The van der Waals surface area contributed by atoms with Gasteiger partial charge >= 0.3 is 0 Å². The molecule has 1 saturated heterocycles. The van der Waals surface area contributed by atoms with Crippen LogP contribution in [0.2, 0.25) is 0 Å². The summed E-state index contributed by atoms with van der Waals surface area (Å²) in [4.78, 5) is 20.1. The molecule has 1 amide bonds. The lowest BCUT2D eigenvalue weighted by molar-refractivity contribution is 0.102. The monoisotopic (exact) mass is 377 g/mol. The van der Waals surface area contributed by atoms with Crippen molar-refractivity contribution in [1.82, 2.24) is 9.88 Å². The fraction of sp³-hybridized carbons (Fsp3) is 0.273. The lowest BCUT2D eigenvalue weighted by Gasteiger charge is -2.27. The van der Waals surface area contributed by atoms with Gasteiger partial charge < -0.3 is 5.32 Å². The Kier molecular flexibility index (Phi) is 5.41. The van der Waals surface area contributed by atoms with Gasteiger partial charge in [0.05, 0.1) is 11.1 Å². The summed E-state index contributed by atoms with van der Waals surface area (Å²) in [5.74, 6) is 2.27. The predicted molar refractivity (Wildman–Crippen MR) is 113 cm³/mol. The van der Waals surface area contributed by atoms with E-state index in [0.29, 0.717) is 5.56 Å². The second kappa shape index (κ2) is 8.11. The van der Waals surface area contributed by atoms with E-state index >= 15 is 0 Å². The van der Waals surface area contributed by atoms with Gasteiger partial charge in [-0.1, -0.05) is 36.4 Å². The van der Waals surface area contributed by atoms with E-state index in [0.717, 1.165) is 47.5 Å². The molecule has 0 bridgehead atoms. The van der Waals surface area contributed by atoms with Gasteiger partial charge in [-0.3, -0.25) is 14.7 Å². The topological polar surface area (TPSA) is 45.2 Å². The van der Waals surface area contributed by atoms with Gasteiger partial charge in [0.15, 0.2) is 0 Å². The molecule has 1 aromatic heterocycles. The number of aryl methyl sites for hydroxylation is 1. The van der Waals surface area contributed by atoms with Crippen LogP contribution in [0, 0.1) is 6.92 Å². The fourth-order valence-corrected chi connectivity index (χ4v) is 4.44. The molecule has 1 aliphatic rings. The van der Waals surface area contributed by atoms with Crippen molar-refractivity contribution >= 4 is 34.3 Å². The van der Waals surface area contributed by atoms with E-state index in [4.69, 9.17) is 0 Å². The van der Waals surface area contributed by atoms with Gasteiger partial charge in [-0.05, 0) is 30.7 Å². The van der Waals surface area contributed by atoms with Gasteiger partial charge in [-0.15, -0.1) is 0 Å². The average Bonchev–Trinajstić information content (AvgIpc) is 2.69. The highest BCUT2D eigenvalue weighted by Crippen LogP contribution is 2.23. The van der Waals surface area contributed by atoms with E-state index in [2.05, 4.69) is 21.3 Å². The van der Waals surface area contributed by atoms with Crippen molar-refractivity contribution in [2.75, 3.05) is 29.9 Å². The molecule has 0 spiro atoms. The molecule has 1 fully saturated rings. The first kappa shape index (κ1) is 18.0. The van der Waals surface area contributed by atoms with E-state index in [9.17, 15) is 4.79 Å². The molecule has 5 heteroatoms. The van der Waals surface area contributed by atoms with Crippen LogP contribution in [0.25, 0.3) is 10.9 Å². The highest BCUT2D eigenvalue weighted by Gasteiger charge is 2.16. The number of hydrogen-bond acceptors (Lipinski definition) is 4. The van der Waals surface area contributed by atoms with Crippen molar-refractivity contribution in [2.24, 2.45) is 0 Å². The first-order chi connectivity index (χ1) is 13.2. The van der Waals surface area contributed by atoms with Crippen molar-refractivity contribution in [3.63, 3.8) is 0 Å². The summed E-state index contributed by atoms with van der Waals surface area (Å²) in [5.41, 5.74) is 4.41. The first-order valence-electron chi connectivity index (χ1n) is 9.26. The maximum Gasteiger partial charge on any atom is 0.256 e. The van der Waals surface area contributed by atoms with Gasteiger partial charge in [0.1, 0.15) is 0 Å². The number of amides is 1. The fourth-order valence-electron chi connectivity index (χ4n) is 3.47. The van der Waals surface area contributed by atoms with E-state index in [1.54, 1.807) is 0 Å². The van der Waals surface area contributed by atoms with Crippen LogP contribution in [-0.4, -0.2) is 40.4 Å². The molecule has 4 rings (SSSR count). The van der Waals surface area contributed by atoms with E-state index < -0.39 is 0 Å². The summed E-state index contributed by atoms with van der Waals surface area (Å²) in [6, 6.07) is 17.8. The first-order valence-corrected chi connectivity index (χ1v) is 10.4. The number of benzene rings is 2. The van der Waals surface area contributed by atoms with Crippen molar-refractivity contribution < 1.29 is 4.79 Å². The summed E-state index contributed by atoms with van der Waals surface area (Å²) in [7, 11) is 0. The van der Waals surface area contributed by atoms with Crippen LogP contribution < -0.4 is 5.32 Å². The van der Waals surface area contributed by atoms with Crippen molar-refractivity contribution in [3.05, 3.63) is 71.4 Å². The van der Waals surface area contributed by atoms with Crippen LogP contribution in [0.15, 0.2) is 54.6 Å². The number of aromatic nitrogens is 1. The molecule has 1 aliphatic heterocycles. The molecule has 2 aromatic carbocycles. The molecule has 3 aromatic rings. The molecule has 0 saturated carbocycles. The third-order valence-corrected chi connectivity index (χ3v) is 5.79. The van der Waals surface area contributed by atoms with E-state index in [1.165, 1.54) is 11.5 Å². The Hall–Kier alpha value is -2.37. The smallest absolute Gasteiger partial charge is 0.256 e. The number of hydrogen-bond donors (Lipinski definition) is 1. The number of para-hydroxylation sites is 2. The van der Waals surface area contributed by atoms with Crippen LogP contribution in [0.5, 0.6) is 0 Å². The second-order valence-electron chi connectivity index (χ2n) is 6.83. The van der Waals surface area contributed by atoms with Crippen LogP contribution in [0.3, 0.4) is 0 Å². The summed E-state index contributed by atoms with van der Waals surface area (Å²) >= 11 is 2.01. The SMILES string of the molecule is Cc1cc(C(=O)Nc2ccccc2CN2CCSCC2)c2ccccc2n1. The standard InChI is InChI=1S/C22H23N3OS/c1-16-14-19(18-7-3-5-9-21(18)23-16)22(26)24-20-8-4-2-6-17(20)15-25-10-12-27-13-11-25/h2-9,14H,10-13,15H2,1H3,(H,24,26). The lowest BCUT2D eigenvalue weighted by atomic mass is 10.1. The Balaban J connectivity index is 1.60. The minimum atomic E-state index is -0.0849. The molecule has 0 radical (unpaired) electrons. The van der Waals surface area contributed by atoms with Crippen molar-refractivity contribution in [1.29, 1.82) is 0 Å². The summed E-state index contributed by atoms with van der Waals surface area (Å²) in [6.45, 7) is 4.99. The van der Waals surface area contributed by atoms with Gasteiger partial charge in [0.2, 0.25) is 0 Å². The number of pyridine rings is 1. The van der Waals surface area contributed by atoms with E-state index in [1.807, 2.05) is 67.2 Å². The Labute approximate surface area is 164 Å². The number of carbonyl (C=O) groups excluding carboxylic acids is 1. The highest BCUT2D eigenvalue weighted by atomic mass is 32.2. The predicted octanol–water partition coefficient (Wildman–Crippen LogP) is 4.34.